The van der Waals surface area contributed by atoms with E-state index in [0.717, 1.165) is 29.3 Å². The van der Waals surface area contributed by atoms with E-state index in [1.807, 2.05) is 24.3 Å². The molecular formula is C14H18INO2. The third kappa shape index (κ3) is 3.03. The first-order valence-corrected chi connectivity index (χ1v) is 7.38. The van der Waals surface area contributed by atoms with Crippen LogP contribution in [0.25, 0.3) is 0 Å². The van der Waals surface area contributed by atoms with Crippen molar-refractivity contribution in [1.82, 2.24) is 4.90 Å². The summed E-state index contributed by atoms with van der Waals surface area (Å²) in [4.78, 5) is 14.0. The van der Waals surface area contributed by atoms with Gasteiger partial charge in [0.05, 0.1) is 12.1 Å². The minimum Gasteiger partial charge on any atom is -0.391 e. The molecule has 1 aliphatic carbocycles. The molecule has 1 N–H and O–H groups in total. The van der Waals surface area contributed by atoms with Crippen molar-refractivity contribution < 1.29 is 9.90 Å². The molecule has 0 aliphatic heterocycles. The molecule has 0 saturated heterocycles. The van der Waals surface area contributed by atoms with E-state index >= 15 is 0 Å². The maximum absolute atomic E-state index is 12.3. The van der Waals surface area contributed by atoms with Gasteiger partial charge < -0.3 is 10.0 Å². The van der Waals surface area contributed by atoms with E-state index in [1.165, 1.54) is 0 Å². The van der Waals surface area contributed by atoms with Gasteiger partial charge >= 0.3 is 0 Å². The summed E-state index contributed by atoms with van der Waals surface area (Å²) in [6.07, 6.45) is 3.47. The molecule has 1 fully saturated rings. The molecule has 0 unspecified atom stereocenters. The number of nitrogens with zero attached hydrogens (tertiary/aromatic N) is 1. The number of aliphatic hydroxyl groups excluding tert-OH is 1. The highest BCUT2D eigenvalue weighted by atomic mass is 127. The predicted octanol–water partition coefficient (Wildman–Crippen LogP) is 2.67. The maximum Gasteiger partial charge on any atom is 0.253 e. The molecule has 0 heterocycles. The van der Waals surface area contributed by atoms with Crippen LogP contribution in [0.15, 0.2) is 24.3 Å². The molecule has 0 aromatic heterocycles. The molecular weight excluding hydrogens is 341 g/mol. The lowest BCUT2D eigenvalue weighted by Crippen LogP contribution is -2.46. The Balaban J connectivity index is 2.10. The van der Waals surface area contributed by atoms with Crippen LogP contribution in [0.3, 0.4) is 0 Å². The zero-order valence-electron chi connectivity index (χ0n) is 10.5. The molecule has 4 heteroatoms. The summed E-state index contributed by atoms with van der Waals surface area (Å²) < 4.78 is 1.12. The van der Waals surface area contributed by atoms with Crippen molar-refractivity contribution in [3.8, 4) is 0 Å². The Bertz CT molecular complexity index is 418. The minimum absolute atomic E-state index is 0.00245. The molecule has 0 bridgehead atoms. The Morgan fingerprint density at radius 3 is 2.50 bits per heavy atom. The molecule has 18 heavy (non-hydrogen) atoms. The highest BCUT2D eigenvalue weighted by Gasteiger charge is 2.29. The first-order chi connectivity index (χ1) is 8.59. The number of hydrogen-bond acceptors (Lipinski definition) is 2. The van der Waals surface area contributed by atoms with Gasteiger partial charge in [0, 0.05) is 16.2 Å². The number of rotatable bonds is 2. The van der Waals surface area contributed by atoms with E-state index in [2.05, 4.69) is 22.6 Å². The van der Waals surface area contributed by atoms with Gasteiger partial charge in [-0.3, -0.25) is 4.79 Å². The van der Waals surface area contributed by atoms with Gasteiger partial charge in [-0.25, -0.2) is 0 Å². The van der Waals surface area contributed by atoms with Gasteiger partial charge in [-0.1, -0.05) is 12.8 Å². The van der Waals surface area contributed by atoms with Crippen LogP contribution >= 0.6 is 22.6 Å². The Kier molecular flexibility index (Phi) is 4.61. The Hall–Kier alpha value is -0.620. The van der Waals surface area contributed by atoms with Crippen LogP contribution in [0.2, 0.25) is 0 Å². The van der Waals surface area contributed by atoms with Gasteiger partial charge in [0.1, 0.15) is 0 Å². The lowest BCUT2D eigenvalue weighted by atomic mass is 9.91. The van der Waals surface area contributed by atoms with Crippen LogP contribution in [-0.4, -0.2) is 35.1 Å². The summed E-state index contributed by atoms with van der Waals surface area (Å²) in [5, 5.41) is 9.98. The lowest BCUT2D eigenvalue weighted by molar-refractivity contribution is 0.0268. The van der Waals surface area contributed by atoms with Crippen LogP contribution in [0, 0.1) is 3.57 Å². The van der Waals surface area contributed by atoms with Gasteiger partial charge in [0.25, 0.3) is 5.91 Å². The van der Waals surface area contributed by atoms with Gasteiger partial charge in [-0.2, -0.15) is 0 Å². The van der Waals surface area contributed by atoms with E-state index in [1.54, 1.807) is 11.9 Å². The second-order valence-corrected chi connectivity index (χ2v) is 6.09. The number of benzene rings is 1. The van der Waals surface area contributed by atoms with E-state index < -0.39 is 0 Å². The Labute approximate surface area is 121 Å². The normalized spacial score (nSPS) is 23.7. The number of carbonyl (C=O) groups is 1. The fraction of sp³-hybridized carbons (Fsp3) is 0.500. The lowest BCUT2D eigenvalue weighted by Gasteiger charge is -2.35. The van der Waals surface area contributed by atoms with Crippen molar-refractivity contribution in [2.45, 2.75) is 37.8 Å². The van der Waals surface area contributed by atoms with Crippen molar-refractivity contribution in [3.63, 3.8) is 0 Å². The predicted molar refractivity (Wildman–Crippen MR) is 79.5 cm³/mol. The largest absolute Gasteiger partial charge is 0.391 e. The molecule has 1 amide bonds. The zero-order valence-corrected chi connectivity index (χ0v) is 12.6. The first kappa shape index (κ1) is 13.8. The minimum atomic E-state index is -0.378. The third-order valence-electron chi connectivity index (χ3n) is 3.60. The van der Waals surface area contributed by atoms with Crippen molar-refractivity contribution in [2.75, 3.05) is 7.05 Å². The van der Waals surface area contributed by atoms with E-state index in [4.69, 9.17) is 0 Å². The van der Waals surface area contributed by atoms with Crippen molar-refractivity contribution in [2.24, 2.45) is 0 Å². The van der Waals surface area contributed by atoms with Crippen LogP contribution < -0.4 is 0 Å². The van der Waals surface area contributed by atoms with E-state index in [0.29, 0.717) is 5.56 Å². The van der Waals surface area contributed by atoms with Crippen molar-refractivity contribution >= 4 is 28.5 Å². The van der Waals surface area contributed by atoms with Crippen LogP contribution in [-0.2, 0) is 0 Å². The Morgan fingerprint density at radius 1 is 1.28 bits per heavy atom. The van der Waals surface area contributed by atoms with Gasteiger partial charge in [0.15, 0.2) is 0 Å². The average molecular weight is 359 g/mol. The molecule has 0 spiro atoms. The summed E-state index contributed by atoms with van der Waals surface area (Å²) in [7, 11) is 1.79. The van der Waals surface area contributed by atoms with E-state index in [9.17, 15) is 9.90 Å². The summed E-state index contributed by atoms with van der Waals surface area (Å²) in [6.45, 7) is 0. The van der Waals surface area contributed by atoms with Crippen LogP contribution in [0.5, 0.6) is 0 Å². The standard InChI is InChI=1S/C14H18INO2/c1-16(12-4-2-3-5-13(12)17)14(18)10-6-8-11(15)9-7-10/h6-9,12-13,17H,2-5H2,1H3/t12-,13-/m1/s1. The molecule has 3 nitrogen and oxygen atoms in total. The maximum atomic E-state index is 12.3. The van der Waals surface area contributed by atoms with E-state index in [-0.39, 0.29) is 18.1 Å². The number of hydrogen-bond donors (Lipinski definition) is 1. The molecule has 1 aliphatic rings. The first-order valence-electron chi connectivity index (χ1n) is 6.30. The molecule has 2 atom stereocenters. The second kappa shape index (κ2) is 6.02. The topological polar surface area (TPSA) is 40.5 Å². The zero-order chi connectivity index (χ0) is 13.1. The van der Waals surface area contributed by atoms with Gasteiger partial charge in [-0.05, 0) is 59.7 Å². The summed E-state index contributed by atoms with van der Waals surface area (Å²) in [5.74, 6) is -0.00245. The number of amides is 1. The molecule has 1 aromatic carbocycles. The summed E-state index contributed by atoms with van der Waals surface area (Å²) in [5.41, 5.74) is 0.690. The number of carbonyl (C=O) groups excluding carboxylic acids is 1. The highest BCUT2D eigenvalue weighted by molar-refractivity contribution is 14.1. The Morgan fingerprint density at radius 2 is 1.89 bits per heavy atom. The third-order valence-corrected chi connectivity index (χ3v) is 4.32. The fourth-order valence-electron chi connectivity index (χ4n) is 2.49. The van der Waals surface area contributed by atoms with Gasteiger partial charge in [-0.15, -0.1) is 0 Å². The average Bonchev–Trinajstić information content (AvgIpc) is 2.38. The quantitative estimate of drug-likeness (QED) is 0.825. The summed E-state index contributed by atoms with van der Waals surface area (Å²) >= 11 is 2.22. The second-order valence-electron chi connectivity index (χ2n) is 4.84. The monoisotopic (exact) mass is 359 g/mol. The van der Waals surface area contributed by atoms with Crippen LogP contribution in [0.1, 0.15) is 36.0 Å². The van der Waals surface area contributed by atoms with Crippen molar-refractivity contribution in [1.29, 1.82) is 0 Å². The molecule has 1 aromatic rings. The highest BCUT2D eigenvalue weighted by Crippen LogP contribution is 2.23. The summed E-state index contributed by atoms with van der Waals surface area (Å²) in [6, 6.07) is 7.51. The molecule has 1 saturated carbocycles. The SMILES string of the molecule is CN(C(=O)c1ccc(I)cc1)[C@@H]1CCCC[C@H]1O. The number of likely N-dealkylation sites (N-methyl/N-ethyl adjacent to an activating group) is 1. The molecule has 2 rings (SSSR count). The molecule has 0 radical (unpaired) electrons. The van der Waals surface area contributed by atoms with Gasteiger partial charge in [0.2, 0.25) is 0 Å². The smallest absolute Gasteiger partial charge is 0.253 e. The van der Waals surface area contributed by atoms with Crippen LogP contribution in [0.4, 0.5) is 0 Å². The number of aliphatic hydroxyl groups is 1. The number of halogens is 1. The molecule has 98 valence electrons. The van der Waals surface area contributed by atoms with Crippen molar-refractivity contribution in [3.05, 3.63) is 33.4 Å². The fourth-order valence-corrected chi connectivity index (χ4v) is 2.85.